The zero-order valence-corrected chi connectivity index (χ0v) is 15.3. The van der Waals surface area contributed by atoms with Crippen molar-refractivity contribution in [1.29, 1.82) is 0 Å². The van der Waals surface area contributed by atoms with Gasteiger partial charge in [-0.3, -0.25) is 4.79 Å². The number of carbonyl (C=O) groups is 1. The van der Waals surface area contributed by atoms with Crippen molar-refractivity contribution in [3.05, 3.63) is 70.2 Å². The maximum Gasteiger partial charge on any atom is 0.279 e. The molecule has 0 N–H and O–H groups in total. The third-order valence-corrected chi connectivity index (χ3v) is 5.15. The number of nitrogens with zero attached hydrogens (tertiary/aromatic N) is 4. The minimum atomic E-state index is -0.163. The number of fused-ring (bicyclic) bond motifs is 1. The SMILES string of the molecule is CN1C(=O)/C(=N/N=C\c2csc(-c3ccc(Cl)cc3)n2)c2ccccc21. The van der Waals surface area contributed by atoms with Gasteiger partial charge in [-0.15, -0.1) is 16.4 Å². The largest absolute Gasteiger partial charge is 0.309 e. The van der Waals surface area contributed by atoms with Crippen LogP contribution in [0, 0.1) is 0 Å². The molecule has 5 nitrogen and oxygen atoms in total. The molecular formula is C19H13ClN4OS. The lowest BCUT2D eigenvalue weighted by Crippen LogP contribution is -2.25. The standard InChI is InChI=1S/C19H13ClN4OS/c1-24-16-5-3-2-4-15(16)17(19(24)25)23-21-10-14-11-26-18(22-14)12-6-8-13(20)9-7-12/h2-11H,1H3/b21-10-,23-17+. The summed E-state index contributed by atoms with van der Waals surface area (Å²) in [7, 11) is 1.73. The van der Waals surface area contributed by atoms with E-state index < -0.39 is 0 Å². The molecular weight excluding hydrogens is 368 g/mol. The van der Waals surface area contributed by atoms with Crippen molar-refractivity contribution >= 4 is 46.5 Å². The maximum atomic E-state index is 12.3. The van der Waals surface area contributed by atoms with E-state index in [0.29, 0.717) is 16.4 Å². The van der Waals surface area contributed by atoms with Crippen molar-refractivity contribution < 1.29 is 4.79 Å². The predicted molar refractivity (Wildman–Crippen MR) is 107 cm³/mol. The molecule has 0 radical (unpaired) electrons. The van der Waals surface area contributed by atoms with E-state index in [1.807, 2.05) is 53.9 Å². The Hall–Kier alpha value is -2.83. The number of likely N-dealkylation sites (N-methyl/N-ethyl adjacent to an activating group) is 1. The number of thiazole rings is 1. The molecule has 0 saturated carbocycles. The zero-order valence-electron chi connectivity index (χ0n) is 13.8. The van der Waals surface area contributed by atoms with Gasteiger partial charge in [-0.2, -0.15) is 5.10 Å². The molecule has 0 spiro atoms. The van der Waals surface area contributed by atoms with E-state index in [1.54, 1.807) is 18.2 Å². The number of anilines is 1. The van der Waals surface area contributed by atoms with E-state index in [4.69, 9.17) is 11.6 Å². The van der Waals surface area contributed by atoms with Crippen LogP contribution in [-0.2, 0) is 4.79 Å². The normalized spacial score (nSPS) is 15.2. The van der Waals surface area contributed by atoms with E-state index in [2.05, 4.69) is 15.2 Å². The van der Waals surface area contributed by atoms with Gasteiger partial charge in [-0.25, -0.2) is 4.98 Å². The number of aromatic nitrogens is 1. The third-order valence-electron chi connectivity index (χ3n) is 3.99. The minimum absolute atomic E-state index is 0.163. The van der Waals surface area contributed by atoms with Crippen molar-refractivity contribution in [2.24, 2.45) is 10.2 Å². The minimum Gasteiger partial charge on any atom is -0.309 e. The van der Waals surface area contributed by atoms with E-state index >= 15 is 0 Å². The van der Waals surface area contributed by atoms with E-state index in [9.17, 15) is 4.79 Å². The van der Waals surface area contributed by atoms with Gasteiger partial charge in [0.25, 0.3) is 5.91 Å². The second kappa shape index (κ2) is 6.82. The van der Waals surface area contributed by atoms with Crippen LogP contribution >= 0.6 is 22.9 Å². The van der Waals surface area contributed by atoms with Gasteiger partial charge in [0.05, 0.1) is 17.6 Å². The number of para-hydroxylation sites is 1. The average Bonchev–Trinajstić information content (AvgIpc) is 3.22. The van der Waals surface area contributed by atoms with Gasteiger partial charge in [0.2, 0.25) is 0 Å². The topological polar surface area (TPSA) is 57.9 Å². The van der Waals surface area contributed by atoms with Crippen molar-refractivity contribution in [3.8, 4) is 10.6 Å². The smallest absolute Gasteiger partial charge is 0.279 e. The second-order valence-electron chi connectivity index (χ2n) is 5.66. The summed E-state index contributed by atoms with van der Waals surface area (Å²) in [6.07, 6.45) is 1.55. The summed E-state index contributed by atoms with van der Waals surface area (Å²) in [5.74, 6) is -0.163. The molecule has 0 fully saturated rings. The number of hydrogen-bond donors (Lipinski definition) is 0. The summed E-state index contributed by atoms with van der Waals surface area (Å²) in [5.41, 5.74) is 3.65. The van der Waals surface area contributed by atoms with Gasteiger partial charge in [-0.05, 0) is 18.2 Å². The first-order valence-corrected chi connectivity index (χ1v) is 9.09. The molecule has 1 aliphatic rings. The molecule has 0 bridgehead atoms. The van der Waals surface area contributed by atoms with Crippen molar-refractivity contribution in [3.63, 3.8) is 0 Å². The average molecular weight is 381 g/mol. The number of carbonyl (C=O) groups excluding carboxylic acids is 1. The first-order chi connectivity index (χ1) is 12.6. The molecule has 1 amide bonds. The van der Waals surface area contributed by atoms with Gasteiger partial charge in [0, 0.05) is 28.6 Å². The lowest BCUT2D eigenvalue weighted by atomic mass is 10.1. The van der Waals surface area contributed by atoms with E-state index in [1.165, 1.54) is 11.3 Å². The Bertz CT molecular complexity index is 1040. The Morgan fingerprint density at radius 1 is 1.15 bits per heavy atom. The van der Waals surface area contributed by atoms with Gasteiger partial charge >= 0.3 is 0 Å². The van der Waals surface area contributed by atoms with Crippen molar-refractivity contribution in [2.45, 2.75) is 0 Å². The predicted octanol–water partition coefficient (Wildman–Crippen LogP) is 4.26. The van der Waals surface area contributed by atoms with E-state index in [0.717, 1.165) is 21.8 Å². The maximum absolute atomic E-state index is 12.3. The molecule has 0 aliphatic carbocycles. The molecule has 128 valence electrons. The Morgan fingerprint density at radius 3 is 2.73 bits per heavy atom. The Kier molecular flexibility index (Phi) is 4.36. The monoisotopic (exact) mass is 380 g/mol. The second-order valence-corrected chi connectivity index (χ2v) is 6.95. The van der Waals surface area contributed by atoms with Crippen molar-refractivity contribution in [2.75, 3.05) is 11.9 Å². The van der Waals surface area contributed by atoms with Crippen LogP contribution in [-0.4, -0.2) is 29.9 Å². The highest BCUT2D eigenvalue weighted by Gasteiger charge is 2.30. The summed E-state index contributed by atoms with van der Waals surface area (Å²) in [5, 5.41) is 11.6. The van der Waals surface area contributed by atoms with Gasteiger partial charge in [0.1, 0.15) is 5.01 Å². The quantitative estimate of drug-likeness (QED) is 0.503. The van der Waals surface area contributed by atoms with Gasteiger partial charge < -0.3 is 4.90 Å². The fraction of sp³-hybridized carbons (Fsp3) is 0.0526. The summed E-state index contributed by atoms with van der Waals surface area (Å²) in [6.45, 7) is 0. The first-order valence-electron chi connectivity index (χ1n) is 7.83. The van der Waals surface area contributed by atoms with Crippen LogP contribution in [0.25, 0.3) is 10.6 Å². The summed E-state index contributed by atoms with van der Waals surface area (Å²) >= 11 is 7.42. The van der Waals surface area contributed by atoms with Crippen molar-refractivity contribution in [1.82, 2.24) is 4.98 Å². The molecule has 0 saturated heterocycles. The molecule has 1 aliphatic heterocycles. The van der Waals surface area contributed by atoms with Crippen LogP contribution in [0.4, 0.5) is 5.69 Å². The number of halogens is 1. The van der Waals surface area contributed by atoms with Crippen LogP contribution in [0.5, 0.6) is 0 Å². The summed E-state index contributed by atoms with van der Waals surface area (Å²) in [4.78, 5) is 18.4. The fourth-order valence-corrected chi connectivity index (χ4v) is 3.56. The number of amides is 1. The van der Waals surface area contributed by atoms with E-state index in [-0.39, 0.29) is 5.91 Å². The number of benzene rings is 2. The fourth-order valence-electron chi connectivity index (χ4n) is 2.66. The van der Waals surface area contributed by atoms with Crippen LogP contribution in [0.3, 0.4) is 0 Å². The highest BCUT2D eigenvalue weighted by molar-refractivity contribution is 7.13. The van der Waals surface area contributed by atoms with Crippen LogP contribution in [0.2, 0.25) is 5.02 Å². The van der Waals surface area contributed by atoms with Crippen LogP contribution in [0.1, 0.15) is 11.3 Å². The third kappa shape index (κ3) is 3.05. The molecule has 2 aromatic carbocycles. The molecule has 3 aromatic rings. The van der Waals surface area contributed by atoms with Crippen LogP contribution < -0.4 is 4.90 Å². The van der Waals surface area contributed by atoms with Crippen LogP contribution in [0.15, 0.2) is 64.1 Å². The molecule has 2 heterocycles. The molecule has 4 rings (SSSR count). The number of rotatable bonds is 3. The highest BCUT2D eigenvalue weighted by atomic mass is 35.5. The summed E-state index contributed by atoms with van der Waals surface area (Å²) in [6, 6.07) is 15.0. The lowest BCUT2D eigenvalue weighted by molar-refractivity contribution is -0.111. The van der Waals surface area contributed by atoms with Gasteiger partial charge in [-0.1, -0.05) is 41.9 Å². The molecule has 7 heteroatoms. The molecule has 0 atom stereocenters. The summed E-state index contributed by atoms with van der Waals surface area (Å²) < 4.78 is 0. The Morgan fingerprint density at radius 2 is 1.92 bits per heavy atom. The highest BCUT2D eigenvalue weighted by Crippen LogP contribution is 2.28. The number of hydrogen-bond acceptors (Lipinski definition) is 5. The zero-order chi connectivity index (χ0) is 18.1. The Labute approximate surface area is 159 Å². The first kappa shape index (κ1) is 16.6. The van der Waals surface area contributed by atoms with Gasteiger partial charge in [0.15, 0.2) is 5.71 Å². The lowest BCUT2D eigenvalue weighted by Gasteiger charge is -2.07. The Balaban J connectivity index is 1.57. The molecule has 0 unspecified atom stereocenters. The molecule has 1 aromatic heterocycles. The molecule has 26 heavy (non-hydrogen) atoms.